The second-order valence-corrected chi connectivity index (χ2v) is 8.57. The van der Waals surface area contributed by atoms with Crippen molar-refractivity contribution in [2.75, 3.05) is 16.0 Å². The topological polar surface area (TPSA) is 105 Å². The number of hydrogen-bond acceptors (Lipinski definition) is 5. The molecule has 170 valence electrons. The standard InChI is InChI=1S/C25H27N5O3/c1-6-21(31)26-18-11-8-12-19(14-18)27-22-24(33)30(5)15-20(28-22)29-23(32)16-9-7-10-17(13-16)25(2,3)4/h6-15H,1H2,2-5H3,(H,26,31)(H,27,28)(H,29,32). The van der Waals surface area contributed by atoms with Crippen LogP contribution in [0.25, 0.3) is 0 Å². The van der Waals surface area contributed by atoms with Crippen LogP contribution < -0.4 is 21.5 Å². The second-order valence-electron chi connectivity index (χ2n) is 8.57. The van der Waals surface area contributed by atoms with Crippen LogP contribution in [0.5, 0.6) is 0 Å². The lowest BCUT2D eigenvalue weighted by atomic mass is 9.86. The van der Waals surface area contributed by atoms with E-state index in [1.54, 1.807) is 37.4 Å². The lowest BCUT2D eigenvalue weighted by Crippen LogP contribution is -2.24. The van der Waals surface area contributed by atoms with Gasteiger partial charge in [-0.25, -0.2) is 4.98 Å². The van der Waals surface area contributed by atoms with E-state index in [1.165, 1.54) is 16.8 Å². The van der Waals surface area contributed by atoms with Crippen LogP contribution in [0.1, 0.15) is 36.7 Å². The zero-order valence-electron chi connectivity index (χ0n) is 19.1. The number of aromatic nitrogens is 2. The molecule has 1 heterocycles. The highest BCUT2D eigenvalue weighted by atomic mass is 16.2. The van der Waals surface area contributed by atoms with Crippen molar-refractivity contribution < 1.29 is 9.59 Å². The first-order valence-electron chi connectivity index (χ1n) is 10.4. The Kier molecular flexibility index (Phi) is 6.77. The fourth-order valence-electron chi connectivity index (χ4n) is 3.07. The van der Waals surface area contributed by atoms with Gasteiger partial charge in [-0.2, -0.15) is 0 Å². The van der Waals surface area contributed by atoms with Crippen LogP contribution in [0.15, 0.2) is 72.2 Å². The Morgan fingerprint density at radius 3 is 2.42 bits per heavy atom. The van der Waals surface area contributed by atoms with E-state index in [1.807, 2.05) is 18.2 Å². The van der Waals surface area contributed by atoms with Gasteiger partial charge in [-0.1, -0.05) is 45.5 Å². The normalized spacial score (nSPS) is 10.9. The molecule has 0 aliphatic carbocycles. The molecule has 33 heavy (non-hydrogen) atoms. The Bertz CT molecular complexity index is 1270. The number of rotatable bonds is 6. The minimum absolute atomic E-state index is 0.0333. The molecule has 2 amide bonds. The Morgan fingerprint density at radius 2 is 1.73 bits per heavy atom. The average Bonchev–Trinajstić information content (AvgIpc) is 2.76. The van der Waals surface area contributed by atoms with E-state index in [4.69, 9.17) is 0 Å². The van der Waals surface area contributed by atoms with Gasteiger partial charge in [-0.15, -0.1) is 0 Å². The summed E-state index contributed by atoms with van der Waals surface area (Å²) < 4.78 is 1.33. The van der Waals surface area contributed by atoms with Crippen LogP contribution in [0.2, 0.25) is 0 Å². The summed E-state index contributed by atoms with van der Waals surface area (Å²) in [4.78, 5) is 41.2. The summed E-state index contributed by atoms with van der Waals surface area (Å²) in [5.41, 5.74) is 2.14. The molecule has 3 rings (SSSR count). The third-order valence-corrected chi connectivity index (χ3v) is 4.88. The fraction of sp³-hybridized carbons (Fsp3) is 0.200. The van der Waals surface area contributed by atoms with Crippen LogP contribution in [-0.2, 0) is 17.3 Å². The molecule has 1 aromatic heterocycles. The molecule has 0 aliphatic heterocycles. The molecule has 8 nitrogen and oxygen atoms in total. The van der Waals surface area contributed by atoms with Crippen LogP contribution in [0.4, 0.5) is 23.0 Å². The third-order valence-electron chi connectivity index (χ3n) is 4.88. The summed E-state index contributed by atoms with van der Waals surface area (Å²) in [7, 11) is 1.58. The minimum Gasteiger partial charge on any atom is -0.335 e. The first kappa shape index (κ1) is 23.5. The van der Waals surface area contributed by atoms with Gasteiger partial charge < -0.3 is 20.5 Å². The molecule has 0 saturated heterocycles. The summed E-state index contributed by atoms with van der Waals surface area (Å²) in [6.07, 6.45) is 2.63. The van der Waals surface area contributed by atoms with Gasteiger partial charge in [0.15, 0.2) is 11.6 Å². The maximum atomic E-state index is 12.8. The predicted octanol–water partition coefficient (Wildman–Crippen LogP) is 4.20. The highest BCUT2D eigenvalue weighted by Gasteiger charge is 2.17. The molecule has 0 aliphatic rings. The van der Waals surface area contributed by atoms with Crippen LogP contribution in [0.3, 0.4) is 0 Å². The Morgan fingerprint density at radius 1 is 1.03 bits per heavy atom. The monoisotopic (exact) mass is 445 g/mol. The van der Waals surface area contributed by atoms with Gasteiger partial charge in [0.2, 0.25) is 5.91 Å². The summed E-state index contributed by atoms with van der Waals surface area (Å²) in [6, 6.07) is 14.2. The third kappa shape index (κ3) is 5.94. The van der Waals surface area contributed by atoms with E-state index >= 15 is 0 Å². The van der Waals surface area contributed by atoms with Crippen LogP contribution in [-0.4, -0.2) is 21.4 Å². The lowest BCUT2D eigenvalue weighted by Gasteiger charge is -2.19. The van der Waals surface area contributed by atoms with Crippen molar-refractivity contribution >= 4 is 34.8 Å². The van der Waals surface area contributed by atoms with Gasteiger partial charge >= 0.3 is 0 Å². The second kappa shape index (κ2) is 9.52. The molecular formula is C25H27N5O3. The highest BCUT2D eigenvalue weighted by Crippen LogP contribution is 2.23. The largest absolute Gasteiger partial charge is 0.335 e. The number of nitrogens with zero attached hydrogens (tertiary/aromatic N) is 2. The average molecular weight is 446 g/mol. The van der Waals surface area contributed by atoms with E-state index in [2.05, 4.69) is 48.3 Å². The van der Waals surface area contributed by atoms with E-state index in [0.29, 0.717) is 16.9 Å². The summed E-state index contributed by atoms with van der Waals surface area (Å²) in [6.45, 7) is 9.66. The van der Waals surface area contributed by atoms with E-state index in [-0.39, 0.29) is 34.4 Å². The number of aryl methyl sites for hydroxylation is 1. The van der Waals surface area contributed by atoms with Crippen LogP contribution in [0, 0.1) is 0 Å². The molecule has 0 atom stereocenters. The summed E-state index contributed by atoms with van der Waals surface area (Å²) >= 11 is 0. The van der Waals surface area contributed by atoms with E-state index < -0.39 is 0 Å². The molecule has 0 radical (unpaired) electrons. The molecule has 0 bridgehead atoms. The van der Waals surface area contributed by atoms with E-state index in [9.17, 15) is 14.4 Å². The zero-order valence-corrected chi connectivity index (χ0v) is 19.1. The van der Waals surface area contributed by atoms with Crippen LogP contribution >= 0.6 is 0 Å². The molecule has 2 aromatic carbocycles. The van der Waals surface area contributed by atoms with Gasteiger partial charge in [0, 0.05) is 30.2 Å². The first-order valence-corrected chi connectivity index (χ1v) is 10.4. The molecule has 3 aromatic rings. The maximum Gasteiger partial charge on any atom is 0.293 e. The number of carbonyl (C=O) groups is 2. The number of amides is 2. The summed E-state index contributed by atoms with van der Waals surface area (Å²) in [5, 5.41) is 8.37. The molecular weight excluding hydrogens is 418 g/mol. The molecule has 0 saturated carbocycles. The van der Waals surface area contributed by atoms with Gasteiger partial charge in [-0.3, -0.25) is 14.4 Å². The number of benzene rings is 2. The Balaban J connectivity index is 1.84. The molecule has 0 fully saturated rings. The molecule has 0 unspecified atom stereocenters. The summed E-state index contributed by atoms with van der Waals surface area (Å²) in [5.74, 6) is -0.415. The number of anilines is 4. The smallest absolute Gasteiger partial charge is 0.293 e. The number of nitrogens with one attached hydrogen (secondary N) is 3. The van der Waals surface area contributed by atoms with Gasteiger partial charge in [0.25, 0.3) is 11.5 Å². The zero-order chi connectivity index (χ0) is 24.2. The lowest BCUT2D eigenvalue weighted by molar-refractivity contribution is -0.111. The number of hydrogen-bond donors (Lipinski definition) is 3. The van der Waals surface area contributed by atoms with Crippen molar-refractivity contribution in [3.63, 3.8) is 0 Å². The maximum absolute atomic E-state index is 12.8. The van der Waals surface area contributed by atoms with E-state index in [0.717, 1.165) is 5.56 Å². The highest BCUT2D eigenvalue weighted by molar-refractivity contribution is 6.04. The SMILES string of the molecule is C=CC(=O)Nc1cccc(Nc2nc(NC(=O)c3cccc(C(C)(C)C)c3)cn(C)c2=O)c1. The quantitative estimate of drug-likeness (QED) is 0.493. The van der Waals surface area contributed by atoms with Crippen molar-refractivity contribution in [1.82, 2.24) is 9.55 Å². The minimum atomic E-state index is -0.372. The van der Waals surface area contributed by atoms with Crippen molar-refractivity contribution in [1.29, 1.82) is 0 Å². The molecule has 8 heteroatoms. The van der Waals surface area contributed by atoms with Crippen molar-refractivity contribution in [2.24, 2.45) is 7.05 Å². The van der Waals surface area contributed by atoms with Crippen molar-refractivity contribution in [3.8, 4) is 0 Å². The number of carbonyl (C=O) groups excluding carboxylic acids is 2. The van der Waals surface area contributed by atoms with Crippen molar-refractivity contribution in [2.45, 2.75) is 26.2 Å². The molecule has 3 N–H and O–H groups in total. The Labute approximate surface area is 192 Å². The van der Waals surface area contributed by atoms with Gasteiger partial charge in [0.05, 0.1) is 0 Å². The Hall–Kier alpha value is -4.20. The first-order chi connectivity index (χ1) is 15.6. The van der Waals surface area contributed by atoms with Gasteiger partial charge in [-0.05, 0) is 47.4 Å². The predicted molar refractivity (Wildman–Crippen MR) is 131 cm³/mol. The van der Waals surface area contributed by atoms with Crippen molar-refractivity contribution in [3.05, 3.63) is 88.9 Å². The van der Waals surface area contributed by atoms with Gasteiger partial charge in [0.1, 0.15) is 0 Å². The fourth-order valence-corrected chi connectivity index (χ4v) is 3.07. The molecule has 0 spiro atoms.